The Bertz CT molecular complexity index is 890. The SMILES string of the molecule is COc1cc(NC(=O)C2CC2C(=O)Nc2ccccc2F)c(OC)cc1Cl. The van der Waals surface area contributed by atoms with E-state index in [2.05, 4.69) is 10.6 Å². The summed E-state index contributed by atoms with van der Waals surface area (Å²) < 4.78 is 24.0. The Morgan fingerprint density at radius 1 is 1.00 bits per heavy atom. The van der Waals surface area contributed by atoms with Gasteiger partial charge in [-0.05, 0) is 18.6 Å². The number of rotatable bonds is 6. The molecule has 0 bridgehead atoms. The molecule has 0 saturated heterocycles. The van der Waals surface area contributed by atoms with Crippen molar-refractivity contribution in [3.8, 4) is 11.5 Å². The van der Waals surface area contributed by atoms with Crippen molar-refractivity contribution in [3.63, 3.8) is 0 Å². The quantitative estimate of drug-likeness (QED) is 0.785. The summed E-state index contributed by atoms with van der Waals surface area (Å²) in [5, 5.41) is 5.59. The number of carbonyl (C=O) groups excluding carboxylic acids is 2. The largest absolute Gasteiger partial charge is 0.495 e. The Labute approximate surface area is 160 Å². The molecule has 1 saturated carbocycles. The van der Waals surface area contributed by atoms with Gasteiger partial charge in [0.05, 0.1) is 42.5 Å². The first-order valence-electron chi connectivity index (χ1n) is 8.22. The smallest absolute Gasteiger partial charge is 0.228 e. The van der Waals surface area contributed by atoms with Crippen LogP contribution in [0.3, 0.4) is 0 Å². The van der Waals surface area contributed by atoms with Crippen LogP contribution in [0.25, 0.3) is 0 Å². The molecule has 1 fully saturated rings. The number of para-hydroxylation sites is 1. The number of benzene rings is 2. The molecule has 6 nitrogen and oxygen atoms in total. The Morgan fingerprint density at radius 2 is 1.59 bits per heavy atom. The monoisotopic (exact) mass is 392 g/mol. The van der Waals surface area contributed by atoms with E-state index in [-0.39, 0.29) is 17.5 Å². The van der Waals surface area contributed by atoms with Crippen molar-refractivity contribution in [2.45, 2.75) is 6.42 Å². The number of nitrogens with one attached hydrogen (secondary N) is 2. The Hall–Kier alpha value is -2.80. The van der Waals surface area contributed by atoms with Crippen LogP contribution >= 0.6 is 11.6 Å². The van der Waals surface area contributed by atoms with Gasteiger partial charge in [-0.3, -0.25) is 9.59 Å². The van der Waals surface area contributed by atoms with Gasteiger partial charge in [-0.1, -0.05) is 23.7 Å². The molecule has 1 aliphatic carbocycles. The van der Waals surface area contributed by atoms with Gasteiger partial charge in [-0.15, -0.1) is 0 Å². The van der Waals surface area contributed by atoms with Crippen LogP contribution in [0.15, 0.2) is 36.4 Å². The van der Waals surface area contributed by atoms with Gasteiger partial charge in [0.1, 0.15) is 17.3 Å². The normalized spacial score (nSPS) is 17.8. The predicted molar refractivity (Wildman–Crippen MR) is 99.8 cm³/mol. The van der Waals surface area contributed by atoms with E-state index in [0.717, 1.165) is 0 Å². The summed E-state index contributed by atoms with van der Waals surface area (Å²) in [6, 6.07) is 8.96. The van der Waals surface area contributed by atoms with Crippen molar-refractivity contribution >= 4 is 34.8 Å². The summed E-state index contributed by atoms with van der Waals surface area (Å²) in [6.07, 6.45) is 0.388. The van der Waals surface area contributed by atoms with Crippen molar-refractivity contribution in [1.82, 2.24) is 0 Å². The van der Waals surface area contributed by atoms with Crippen LogP contribution in [0.2, 0.25) is 5.02 Å². The molecule has 3 rings (SSSR count). The van der Waals surface area contributed by atoms with Crippen LogP contribution in [0, 0.1) is 17.7 Å². The van der Waals surface area contributed by atoms with Gasteiger partial charge in [0.15, 0.2) is 0 Å². The highest BCUT2D eigenvalue weighted by Crippen LogP contribution is 2.42. The van der Waals surface area contributed by atoms with E-state index in [9.17, 15) is 14.0 Å². The van der Waals surface area contributed by atoms with Crippen molar-refractivity contribution < 1.29 is 23.5 Å². The first kappa shape index (κ1) is 19.0. The number of halogens is 2. The van der Waals surface area contributed by atoms with E-state index in [4.69, 9.17) is 21.1 Å². The lowest BCUT2D eigenvalue weighted by atomic mass is 10.2. The van der Waals surface area contributed by atoms with E-state index in [0.29, 0.717) is 28.6 Å². The summed E-state index contributed by atoms with van der Waals surface area (Å²) >= 11 is 6.04. The zero-order chi connectivity index (χ0) is 19.6. The average Bonchev–Trinajstić information content (AvgIpc) is 3.45. The highest BCUT2D eigenvalue weighted by Gasteiger charge is 2.48. The number of carbonyl (C=O) groups is 2. The predicted octanol–water partition coefficient (Wildman–Crippen LogP) is 3.71. The summed E-state index contributed by atoms with van der Waals surface area (Å²) in [5.74, 6) is -1.48. The number of amides is 2. The summed E-state index contributed by atoms with van der Waals surface area (Å²) in [5.41, 5.74) is 0.488. The van der Waals surface area contributed by atoms with Gasteiger partial charge in [-0.25, -0.2) is 4.39 Å². The molecular weight excluding hydrogens is 375 g/mol. The maximum absolute atomic E-state index is 13.6. The van der Waals surface area contributed by atoms with Gasteiger partial charge < -0.3 is 20.1 Å². The third-order valence-electron chi connectivity index (χ3n) is 4.33. The Kier molecular flexibility index (Phi) is 5.51. The van der Waals surface area contributed by atoms with Crippen LogP contribution in [0.5, 0.6) is 11.5 Å². The third kappa shape index (κ3) is 4.14. The van der Waals surface area contributed by atoms with Crippen LogP contribution in [0.1, 0.15) is 6.42 Å². The van der Waals surface area contributed by atoms with E-state index in [1.165, 1.54) is 38.5 Å². The standard InChI is InChI=1S/C19H18ClFN2O4/c1-26-16-9-15(17(27-2)8-12(16)20)23-19(25)11-7-10(11)18(24)22-14-6-4-3-5-13(14)21/h3-6,8-11H,7H2,1-2H3,(H,22,24)(H,23,25). The molecule has 0 spiro atoms. The summed E-state index contributed by atoms with van der Waals surface area (Å²) in [6.45, 7) is 0. The maximum atomic E-state index is 13.6. The van der Waals surface area contributed by atoms with Crippen molar-refractivity contribution in [2.24, 2.45) is 11.8 Å². The number of hydrogen-bond donors (Lipinski definition) is 2. The minimum atomic E-state index is -0.523. The lowest BCUT2D eigenvalue weighted by Crippen LogP contribution is -2.21. The fraction of sp³-hybridized carbons (Fsp3) is 0.263. The molecule has 142 valence electrons. The molecule has 2 aromatic carbocycles. The molecule has 1 aliphatic rings. The zero-order valence-electron chi connectivity index (χ0n) is 14.7. The molecule has 2 N–H and O–H groups in total. The van der Waals surface area contributed by atoms with E-state index in [1.54, 1.807) is 12.1 Å². The molecule has 2 aromatic rings. The molecule has 8 heteroatoms. The highest BCUT2D eigenvalue weighted by molar-refractivity contribution is 6.32. The van der Waals surface area contributed by atoms with E-state index < -0.39 is 17.7 Å². The van der Waals surface area contributed by atoms with Gasteiger partial charge in [0, 0.05) is 12.1 Å². The van der Waals surface area contributed by atoms with E-state index in [1.807, 2.05) is 0 Å². The molecular formula is C19H18ClFN2O4. The first-order valence-corrected chi connectivity index (χ1v) is 8.60. The maximum Gasteiger partial charge on any atom is 0.228 e. The topological polar surface area (TPSA) is 76.7 Å². The zero-order valence-corrected chi connectivity index (χ0v) is 15.5. The lowest BCUT2D eigenvalue weighted by Gasteiger charge is -2.13. The number of anilines is 2. The minimum absolute atomic E-state index is 0.0951. The first-order chi connectivity index (χ1) is 12.9. The summed E-state index contributed by atoms with van der Waals surface area (Å²) in [4.78, 5) is 24.7. The van der Waals surface area contributed by atoms with E-state index >= 15 is 0 Å². The third-order valence-corrected chi connectivity index (χ3v) is 4.62. The number of hydrogen-bond acceptors (Lipinski definition) is 4. The lowest BCUT2D eigenvalue weighted by molar-refractivity contribution is -0.122. The van der Waals surface area contributed by atoms with Gasteiger partial charge in [-0.2, -0.15) is 0 Å². The molecule has 2 unspecified atom stereocenters. The molecule has 0 radical (unpaired) electrons. The molecule has 2 atom stereocenters. The molecule has 0 aromatic heterocycles. The fourth-order valence-corrected chi connectivity index (χ4v) is 2.98. The fourth-order valence-electron chi connectivity index (χ4n) is 2.75. The summed E-state index contributed by atoms with van der Waals surface area (Å²) in [7, 11) is 2.92. The second-order valence-electron chi connectivity index (χ2n) is 6.09. The second-order valence-corrected chi connectivity index (χ2v) is 6.50. The number of ether oxygens (including phenoxy) is 2. The molecule has 2 amide bonds. The Morgan fingerprint density at radius 3 is 2.19 bits per heavy atom. The Balaban J connectivity index is 1.65. The minimum Gasteiger partial charge on any atom is -0.495 e. The molecule has 0 aliphatic heterocycles. The second kappa shape index (κ2) is 7.84. The molecule has 27 heavy (non-hydrogen) atoms. The van der Waals surface area contributed by atoms with Gasteiger partial charge in [0.2, 0.25) is 11.8 Å². The van der Waals surface area contributed by atoms with Crippen molar-refractivity contribution in [2.75, 3.05) is 24.9 Å². The van der Waals surface area contributed by atoms with Crippen molar-refractivity contribution in [1.29, 1.82) is 0 Å². The highest BCUT2D eigenvalue weighted by atomic mass is 35.5. The van der Waals surface area contributed by atoms with Crippen LogP contribution in [0.4, 0.5) is 15.8 Å². The van der Waals surface area contributed by atoms with Crippen LogP contribution in [-0.2, 0) is 9.59 Å². The average molecular weight is 393 g/mol. The van der Waals surface area contributed by atoms with Crippen LogP contribution in [-0.4, -0.2) is 26.0 Å². The molecule has 0 heterocycles. The van der Waals surface area contributed by atoms with Crippen LogP contribution < -0.4 is 20.1 Å². The number of methoxy groups -OCH3 is 2. The van der Waals surface area contributed by atoms with Gasteiger partial charge >= 0.3 is 0 Å². The van der Waals surface area contributed by atoms with Crippen molar-refractivity contribution in [3.05, 3.63) is 47.2 Å². The van der Waals surface area contributed by atoms with Gasteiger partial charge in [0.25, 0.3) is 0 Å².